The molecule has 3 atom stereocenters. The molecule has 0 bridgehead atoms. The summed E-state index contributed by atoms with van der Waals surface area (Å²) in [6.45, 7) is 9.15. The number of hydrogen-bond donors (Lipinski definition) is 0. The van der Waals surface area contributed by atoms with Crippen LogP contribution >= 0.6 is 11.8 Å². The number of esters is 1. The zero-order valence-corrected chi connectivity index (χ0v) is 29.9. The second-order valence-corrected chi connectivity index (χ2v) is 12.9. The van der Waals surface area contributed by atoms with E-state index in [2.05, 4.69) is 9.97 Å². The molecule has 0 saturated carbocycles. The number of carbonyl (C=O) groups excluding carboxylic acids is 2. The maximum absolute atomic E-state index is 14.3. The van der Waals surface area contributed by atoms with Crippen molar-refractivity contribution in [3.63, 3.8) is 0 Å². The predicted octanol–water partition coefficient (Wildman–Crippen LogP) is 6.75. The summed E-state index contributed by atoms with van der Waals surface area (Å²) in [6.07, 6.45) is 1.44. The van der Waals surface area contributed by atoms with E-state index in [1.54, 1.807) is 32.0 Å². The van der Waals surface area contributed by atoms with Crippen LogP contribution in [0.1, 0.15) is 69.6 Å². The molecule has 13 nitrogen and oxygen atoms in total. The molecule has 3 aromatic rings. The first-order valence-corrected chi connectivity index (χ1v) is 17.5. The van der Waals surface area contributed by atoms with Gasteiger partial charge in [0.1, 0.15) is 23.0 Å². The Balaban J connectivity index is 1.51. The summed E-state index contributed by atoms with van der Waals surface area (Å²) in [6, 6.07) is 10.3. The van der Waals surface area contributed by atoms with E-state index in [0.29, 0.717) is 55.4 Å². The van der Waals surface area contributed by atoms with Crippen molar-refractivity contribution < 1.29 is 42.6 Å². The minimum absolute atomic E-state index is 0.0691. The highest BCUT2D eigenvalue weighted by Gasteiger charge is 2.54. The Morgan fingerprint density at radius 3 is 2.54 bits per heavy atom. The summed E-state index contributed by atoms with van der Waals surface area (Å²) in [5, 5.41) is 12.5. The molecule has 270 valence electrons. The molecule has 1 amide bonds. The van der Waals surface area contributed by atoms with Crippen LogP contribution in [0.3, 0.4) is 0 Å². The average molecular weight is 715 g/mol. The van der Waals surface area contributed by atoms with Crippen molar-refractivity contribution in [2.45, 2.75) is 77.6 Å². The summed E-state index contributed by atoms with van der Waals surface area (Å²) in [4.78, 5) is 48.6. The lowest BCUT2D eigenvalue weighted by Gasteiger charge is -2.42. The fourth-order valence-electron chi connectivity index (χ4n) is 5.84. The molecule has 0 N–H and O–H groups in total. The van der Waals surface area contributed by atoms with Crippen LogP contribution in [-0.4, -0.2) is 81.6 Å². The number of nitro benzene ring substituents is 1. The molecule has 1 aromatic heterocycles. The zero-order valence-electron chi connectivity index (χ0n) is 29.1. The molecule has 2 aromatic carbocycles. The smallest absolute Gasteiger partial charge is 0.323 e. The van der Waals surface area contributed by atoms with Crippen LogP contribution in [-0.2, 0) is 14.3 Å². The number of benzene rings is 2. The number of aromatic nitrogens is 2. The Kier molecular flexibility index (Phi) is 13.4. The molecule has 1 aliphatic heterocycles. The molecule has 0 aliphatic carbocycles. The molecular formula is C35H43FN4O9S. The fraction of sp³-hybridized carbons (Fsp3) is 0.486. The Morgan fingerprint density at radius 1 is 1.16 bits per heavy atom. The number of rotatable bonds is 17. The van der Waals surface area contributed by atoms with E-state index < -0.39 is 33.6 Å². The van der Waals surface area contributed by atoms with Crippen molar-refractivity contribution in [3.8, 4) is 28.6 Å². The quantitative estimate of drug-likeness (QED) is 0.0478. The summed E-state index contributed by atoms with van der Waals surface area (Å²) in [5.74, 6) is -0.144. The van der Waals surface area contributed by atoms with Crippen molar-refractivity contribution in [3.05, 3.63) is 69.8 Å². The number of aryl methyl sites for hydroxylation is 1. The number of halogens is 1. The van der Waals surface area contributed by atoms with E-state index in [1.807, 2.05) is 13.8 Å². The van der Waals surface area contributed by atoms with E-state index in [9.17, 15) is 24.1 Å². The van der Waals surface area contributed by atoms with Gasteiger partial charge in [0.15, 0.2) is 5.44 Å². The second-order valence-electron chi connectivity index (χ2n) is 11.6. The summed E-state index contributed by atoms with van der Waals surface area (Å²) < 4.78 is 42.6. The normalized spacial score (nSPS) is 16.8. The van der Waals surface area contributed by atoms with E-state index in [0.717, 1.165) is 5.56 Å². The Bertz CT molecular complexity index is 1660. The first kappa shape index (κ1) is 38.3. The van der Waals surface area contributed by atoms with Crippen molar-refractivity contribution in [2.75, 3.05) is 32.6 Å². The molecule has 50 heavy (non-hydrogen) atoms. The van der Waals surface area contributed by atoms with Gasteiger partial charge < -0.3 is 23.7 Å². The van der Waals surface area contributed by atoms with Crippen LogP contribution in [0.5, 0.6) is 17.4 Å². The standard InChI is InChI=1S/C35H43FN4O9S/c1-7-46-34(50-8-2)35(49-24(5)41)16-10-17-39(35)33(42)28-19-27(45-6)20-30(32(28)40(43)44)47-18-9-11-22(3)48-31-21-29(37-23(4)38-31)25-12-14-26(36)15-13-25/h12-15,19-22,34H,7-11,16-18H2,1-6H3/t22-,34?,35+/m1/s1. The Hall–Kier alpha value is -4.50. The number of nitro groups is 1. The molecular weight excluding hydrogens is 671 g/mol. The highest BCUT2D eigenvalue weighted by atomic mass is 32.2. The fourth-order valence-corrected chi connectivity index (χ4v) is 6.93. The Labute approximate surface area is 295 Å². The summed E-state index contributed by atoms with van der Waals surface area (Å²) in [5.41, 5.74) is -1.64. The maximum atomic E-state index is 14.3. The van der Waals surface area contributed by atoms with Crippen molar-refractivity contribution in [1.29, 1.82) is 0 Å². The predicted molar refractivity (Wildman–Crippen MR) is 185 cm³/mol. The maximum Gasteiger partial charge on any atom is 0.323 e. The van der Waals surface area contributed by atoms with E-state index in [1.165, 1.54) is 55.0 Å². The van der Waals surface area contributed by atoms with Crippen molar-refractivity contribution >= 4 is 29.3 Å². The first-order valence-electron chi connectivity index (χ1n) is 16.4. The van der Waals surface area contributed by atoms with Gasteiger partial charge in [0.25, 0.3) is 5.91 Å². The molecule has 0 spiro atoms. The van der Waals surface area contributed by atoms with Crippen LogP contribution in [0.4, 0.5) is 10.1 Å². The van der Waals surface area contributed by atoms with Gasteiger partial charge in [0, 0.05) is 50.3 Å². The second kappa shape index (κ2) is 17.4. The van der Waals surface area contributed by atoms with E-state index in [4.69, 9.17) is 23.7 Å². The highest BCUT2D eigenvalue weighted by Crippen LogP contribution is 2.44. The minimum atomic E-state index is -1.46. The van der Waals surface area contributed by atoms with Gasteiger partial charge in [0.2, 0.25) is 17.4 Å². The molecule has 1 saturated heterocycles. The largest absolute Gasteiger partial charge is 0.497 e. The first-order chi connectivity index (χ1) is 23.9. The zero-order chi connectivity index (χ0) is 36.4. The minimum Gasteiger partial charge on any atom is -0.497 e. The average Bonchev–Trinajstić information content (AvgIpc) is 3.49. The number of methoxy groups -OCH3 is 1. The summed E-state index contributed by atoms with van der Waals surface area (Å²) >= 11 is 1.39. The third-order valence-electron chi connectivity index (χ3n) is 7.93. The van der Waals surface area contributed by atoms with E-state index in [-0.39, 0.29) is 42.1 Å². The summed E-state index contributed by atoms with van der Waals surface area (Å²) in [7, 11) is 1.39. The molecule has 2 heterocycles. The van der Waals surface area contributed by atoms with Gasteiger partial charge in [-0.1, -0.05) is 6.92 Å². The van der Waals surface area contributed by atoms with Gasteiger partial charge in [-0.3, -0.25) is 24.6 Å². The number of carbonyl (C=O) groups is 2. The number of ether oxygens (including phenoxy) is 5. The van der Waals surface area contributed by atoms with E-state index >= 15 is 0 Å². The molecule has 1 fully saturated rings. The third-order valence-corrected chi connectivity index (χ3v) is 9.07. The highest BCUT2D eigenvalue weighted by molar-refractivity contribution is 7.99. The van der Waals surface area contributed by atoms with Gasteiger partial charge in [0.05, 0.1) is 30.4 Å². The Morgan fingerprint density at radius 2 is 1.90 bits per heavy atom. The SMILES string of the molecule is CCOC(SCC)[C@@]1(OC(C)=O)CCCN1C(=O)c1cc(OC)cc(OCCC[C@@H](C)Oc2cc(-c3ccc(F)cc3)nc(C)n2)c1[N+](=O)[O-]. The van der Waals surface area contributed by atoms with Gasteiger partial charge in [-0.25, -0.2) is 9.37 Å². The molecule has 1 unspecified atom stereocenters. The number of thioether (sulfide) groups is 1. The van der Waals surface area contributed by atoms with Gasteiger partial charge in [-0.2, -0.15) is 4.98 Å². The van der Waals surface area contributed by atoms with Gasteiger partial charge >= 0.3 is 11.7 Å². The molecule has 1 aliphatic rings. The van der Waals surface area contributed by atoms with Crippen LogP contribution < -0.4 is 14.2 Å². The number of amides is 1. The topological polar surface area (TPSA) is 152 Å². The molecule has 4 rings (SSSR count). The molecule has 0 radical (unpaired) electrons. The van der Waals surface area contributed by atoms with Crippen molar-refractivity contribution in [2.24, 2.45) is 0 Å². The van der Waals surface area contributed by atoms with Crippen LogP contribution in [0.25, 0.3) is 11.3 Å². The van der Waals surface area contributed by atoms with Crippen LogP contribution in [0.15, 0.2) is 42.5 Å². The lowest BCUT2D eigenvalue weighted by atomic mass is 10.1. The third kappa shape index (κ3) is 9.18. The number of hydrogen-bond acceptors (Lipinski definition) is 12. The van der Waals surface area contributed by atoms with Gasteiger partial charge in [-0.15, -0.1) is 11.8 Å². The van der Waals surface area contributed by atoms with Crippen molar-refractivity contribution in [1.82, 2.24) is 14.9 Å². The lowest BCUT2D eigenvalue weighted by molar-refractivity contribution is -0.386. The van der Waals surface area contributed by atoms with Crippen LogP contribution in [0, 0.1) is 22.9 Å². The molecule has 15 heteroatoms. The number of likely N-dealkylation sites (tertiary alicyclic amines) is 1. The monoisotopic (exact) mass is 714 g/mol. The van der Waals surface area contributed by atoms with Gasteiger partial charge in [-0.05, 0) is 70.1 Å². The lowest BCUT2D eigenvalue weighted by Crippen LogP contribution is -2.57. The van der Waals surface area contributed by atoms with Crippen LogP contribution in [0.2, 0.25) is 0 Å². The number of nitrogens with zero attached hydrogens (tertiary/aromatic N) is 4.